The van der Waals surface area contributed by atoms with Crippen molar-refractivity contribution in [2.45, 2.75) is 38.5 Å². The molecule has 0 heterocycles. The van der Waals surface area contributed by atoms with Gasteiger partial charge in [0, 0.05) is 0 Å². The molecule has 0 N–H and O–H groups in total. The molecule has 0 fully saturated rings. The van der Waals surface area contributed by atoms with E-state index in [1.807, 2.05) is 0 Å². The van der Waals surface area contributed by atoms with E-state index in [4.69, 9.17) is 0 Å². The minimum absolute atomic E-state index is 1.05. The molecule has 0 spiro atoms. The first-order valence-corrected chi connectivity index (χ1v) is 11.1. The third kappa shape index (κ3) is 7.93. The maximum atomic E-state index is 3.87. The molecule has 0 atom stereocenters. The average molecular weight is 471 g/mol. The predicted molar refractivity (Wildman–Crippen MR) is 64.3 cm³/mol. The van der Waals surface area contributed by atoms with Crippen LogP contribution in [0.3, 0.4) is 0 Å². The minimum atomic E-state index is 1.05. The summed E-state index contributed by atoms with van der Waals surface area (Å²) >= 11 is 4.23. The molecule has 0 unspecified atom stereocenters. The van der Waals surface area contributed by atoms with E-state index in [2.05, 4.69) is 60.6 Å². The van der Waals surface area contributed by atoms with E-state index in [0.717, 1.165) is 6.42 Å². The van der Waals surface area contributed by atoms with Crippen molar-refractivity contribution in [3.8, 4) is 0 Å². The summed E-state index contributed by atoms with van der Waals surface area (Å²) in [4.78, 5) is 0. The SMILES string of the molecule is [CH2-]CCC1=CCCC=CCC1.[I][Pt+]. The van der Waals surface area contributed by atoms with Crippen LogP contribution >= 0.6 is 19.4 Å². The van der Waals surface area contributed by atoms with Crippen LogP contribution in [0.4, 0.5) is 0 Å². The third-order valence-electron chi connectivity index (χ3n) is 2.06. The van der Waals surface area contributed by atoms with Crippen LogP contribution in [0.2, 0.25) is 0 Å². The van der Waals surface area contributed by atoms with E-state index in [1.165, 1.54) is 32.1 Å². The molecule has 0 aromatic carbocycles. The molecule has 0 saturated heterocycles. The van der Waals surface area contributed by atoms with Gasteiger partial charge in [-0.3, -0.25) is 0 Å². The molecule has 1 aliphatic rings. The quantitative estimate of drug-likeness (QED) is 0.315. The van der Waals surface area contributed by atoms with Gasteiger partial charge >= 0.3 is 35.5 Å². The molecule has 0 amide bonds. The molecular formula is C11H17IPt. The van der Waals surface area contributed by atoms with Gasteiger partial charge in [0.1, 0.15) is 0 Å². The summed E-state index contributed by atoms with van der Waals surface area (Å²) in [6, 6.07) is 0. The Morgan fingerprint density at radius 1 is 1.23 bits per heavy atom. The molecule has 0 saturated carbocycles. The summed E-state index contributed by atoms with van der Waals surface area (Å²) in [5.74, 6) is 0. The number of rotatable bonds is 2. The second-order valence-corrected chi connectivity index (χ2v) is 3.05. The summed E-state index contributed by atoms with van der Waals surface area (Å²) in [7, 11) is 0. The van der Waals surface area contributed by atoms with E-state index in [-0.39, 0.29) is 0 Å². The van der Waals surface area contributed by atoms with Crippen molar-refractivity contribution in [1.29, 1.82) is 0 Å². The Kier molecular flexibility index (Phi) is 11.7. The van der Waals surface area contributed by atoms with Gasteiger partial charge in [-0.05, 0) is 25.7 Å². The van der Waals surface area contributed by atoms with Crippen molar-refractivity contribution >= 4 is 19.4 Å². The zero-order valence-corrected chi connectivity index (χ0v) is 12.3. The Balaban J connectivity index is 0.000000671. The fraction of sp³-hybridized carbons (Fsp3) is 0.545. The van der Waals surface area contributed by atoms with Gasteiger partial charge in [-0.15, -0.1) is 0 Å². The zero-order chi connectivity index (χ0) is 9.94. The number of halogens is 1. The molecule has 13 heavy (non-hydrogen) atoms. The third-order valence-corrected chi connectivity index (χ3v) is 2.06. The maximum absolute atomic E-state index is 3.87. The van der Waals surface area contributed by atoms with E-state index in [9.17, 15) is 0 Å². The summed E-state index contributed by atoms with van der Waals surface area (Å²) in [6.45, 7) is 3.87. The molecular weight excluding hydrogens is 454 g/mol. The Hall–Kier alpha value is 0.898. The average Bonchev–Trinajstić information content (AvgIpc) is 2.13. The van der Waals surface area contributed by atoms with Crippen LogP contribution in [0.25, 0.3) is 0 Å². The van der Waals surface area contributed by atoms with Gasteiger partial charge in [0.25, 0.3) is 0 Å². The van der Waals surface area contributed by atoms with E-state index >= 15 is 0 Å². The van der Waals surface area contributed by atoms with Crippen LogP contribution in [-0.4, -0.2) is 0 Å². The van der Waals surface area contributed by atoms with E-state index < -0.39 is 0 Å². The van der Waals surface area contributed by atoms with Crippen LogP contribution in [0.15, 0.2) is 23.8 Å². The molecule has 0 aromatic heterocycles. The first-order valence-electron chi connectivity index (χ1n) is 4.67. The van der Waals surface area contributed by atoms with Gasteiger partial charge in [0.15, 0.2) is 0 Å². The molecule has 0 radical (unpaired) electrons. The second kappa shape index (κ2) is 11.0. The van der Waals surface area contributed by atoms with Gasteiger partial charge in [0.2, 0.25) is 0 Å². The van der Waals surface area contributed by atoms with Gasteiger partial charge in [-0.25, -0.2) is 0 Å². The Bertz CT molecular complexity index is 161. The number of hydrogen-bond acceptors (Lipinski definition) is 0. The first-order chi connectivity index (χ1) is 6.43. The number of hydrogen-bond donors (Lipinski definition) is 0. The van der Waals surface area contributed by atoms with Crippen molar-refractivity contribution < 1.29 is 16.1 Å². The zero-order valence-electron chi connectivity index (χ0n) is 7.88. The normalized spacial score (nSPS) is 16.5. The molecule has 78 valence electrons. The first kappa shape index (κ1) is 13.9. The van der Waals surface area contributed by atoms with E-state index in [1.54, 1.807) is 5.57 Å². The summed E-state index contributed by atoms with van der Waals surface area (Å²) in [6.07, 6.45) is 14.2. The van der Waals surface area contributed by atoms with Gasteiger partial charge in [-0.2, -0.15) is 6.42 Å². The molecule has 2 heteroatoms. The van der Waals surface area contributed by atoms with Crippen molar-refractivity contribution in [3.63, 3.8) is 0 Å². The summed E-state index contributed by atoms with van der Waals surface area (Å²) in [5, 5.41) is 0. The fourth-order valence-electron chi connectivity index (χ4n) is 1.44. The summed E-state index contributed by atoms with van der Waals surface area (Å²) < 4.78 is 0. The van der Waals surface area contributed by atoms with Crippen molar-refractivity contribution in [2.75, 3.05) is 0 Å². The monoisotopic (exact) mass is 471 g/mol. The van der Waals surface area contributed by atoms with Crippen LogP contribution in [0.1, 0.15) is 38.5 Å². The molecule has 0 aliphatic heterocycles. The fourth-order valence-corrected chi connectivity index (χ4v) is 1.44. The van der Waals surface area contributed by atoms with Crippen molar-refractivity contribution in [1.82, 2.24) is 0 Å². The Morgan fingerprint density at radius 3 is 2.62 bits per heavy atom. The summed E-state index contributed by atoms with van der Waals surface area (Å²) in [5.41, 5.74) is 1.62. The van der Waals surface area contributed by atoms with Gasteiger partial charge < -0.3 is 6.92 Å². The predicted octanol–water partition coefficient (Wildman–Crippen LogP) is 4.54. The van der Waals surface area contributed by atoms with Crippen LogP contribution in [0.5, 0.6) is 0 Å². The van der Waals surface area contributed by atoms with Crippen LogP contribution in [-0.2, 0) is 16.1 Å². The molecule has 0 nitrogen and oxygen atoms in total. The number of allylic oxidation sites excluding steroid dienone is 4. The van der Waals surface area contributed by atoms with Gasteiger partial charge in [0.05, 0.1) is 0 Å². The molecule has 0 bridgehead atoms. The van der Waals surface area contributed by atoms with Crippen LogP contribution < -0.4 is 0 Å². The molecule has 1 rings (SSSR count). The van der Waals surface area contributed by atoms with Crippen LogP contribution in [0, 0.1) is 6.92 Å². The van der Waals surface area contributed by atoms with Gasteiger partial charge in [-0.1, -0.05) is 30.2 Å². The second-order valence-electron chi connectivity index (χ2n) is 3.05. The Morgan fingerprint density at radius 2 is 1.92 bits per heavy atom. The topological polar surface area (TPSA) is 0 Å². The molecule has 1 aliphatic carbocycles. The standard InChI is InChI=1S/C11H17.HI.Pt/c1-2-8-11-9-6-4-3-5-7-10-11;;/h3-4,10H,1-2,5-9H2;1H;/q-1;;+2/p-1. The van der Waals surface area contributed by atoms with Crippen molar-refractivity contribution in [3.05, 3.63) is 30.7 Å². The van der Waals surface area contributed by atoms with E-state index in [0.29, 0.717) is 0 Å². The van der Waals surface area contributed by atoms with Crippen molar-refractivity contribution in [2.24, 2.45) is 0 Å². The molecule has 0 aromatic rings. The Labute approximate surface area is 104 Å².